The van der Waals surface area contributed by atoms with Crippen LogP contribution in [-0.2, 0) is 9.53 Å². The van der Waals surface area contributed by atoms with Gasteiger partial charge in [0.25, 0.3) is 5.91 Å². The number of hydrogen-bond acceptors (Lipinski definition) is 7. The standard InChI is InChI=1S/C29H39N5O5/c1-21(2)30-29(36)33(14-13-32-15-17-39-18-16-32)20-28(35)34-27(23-7-11-25(38-4)12-8-23)19-26(31-34)22-5-9-24(37-3)10-6-22/h5-12,21,27H,13-20H2,1-4H3,(H,30,36). The lowest BCUT2D eigenvalue weighted by atomic mass is 9.98. The highest BCUT2D eigenvalue weighted by Crippen LogP contribution is 2.34. The van der Waals surface area contributed by atoms with Gasteiger partial charge in [0.1, 0.15) is 18.0 Å². The molecule has 10 nitrogen and oxygen atoms in total. The number of amides is 3. The highest BCUT2D eigenvalue weighted by atomic mass is 16.5. The molecule has 0 bridgehead atoms. The molecule has 1 saturated heterocycles. The number of methoxy groups -OCH3 is 2. The average Bonchev–Trinajstić information content (AvgIpc) is 3.41. The first-order valence-corrected chi connectivity index (χ1v) is 13.4. The van der Waals surface area contributed by atoms with Gasteiger partial charge in [0.05, 0.1) is 39.2 Å². The summed E-state index contributed by atoms with van der Waals surface area (Å²) in [6, 6.07) is 14.7. The fourth-order valence-electron chi connectivity index (χ4n) is 4.70. The molecular formula is C29H39N5O5. The maximum Gasteiger partial charge on any atom is 0.318 e. The smallest absolute Gasteiger partial charge is 0.318 e. The zero-order chi connectivity index (χ0) is 27.8. The van der Waals surface area contributed by atoms with Crippen LogP contribution in [0.3, 0.4) is 0 Å². The van der Waals surface area contributed by atoms with Gasteiger partial charge in [-0.2, -0.15) is 5.10 Å². The Balaban J connectivity index is 1.56. The summed E-state index contributed by atoms with van der Waals surface area (Å²) in [6.07, 6.45) is 0.552. The number of carbonyl (C=O) groups excluding carboxylic acids is 2. The van der Waals surface area contributed by atoms with Crippen LogP contribution in [0.4, 0.5) is 4.79 Å². The largest absolute Gasteiger partial charge is 0.497 e. The van der Waals surface area contributed by atoms with Gasteiger partial charge in [-0.15, -0.1) is 0 Å². The summed E-state index contributed by atoms with van der Waals surface area (Å²) in [5.41, 5.74) is 2.67. The molecule has 3 amide bonds. The summed E-state index contributed by atoms with van der Waals surface area (Å²) in [4.78, 5) is 30.7. The van der Waals surface area contributed by atoms with Crippen molar-refractivity contribution in [3.8, 4) is 11.5 Å². The lowest BCUT2D eigenvalue weighted by Gasteiger charge is -2.31. The first-order chi connectivity index (χ1) is 18.9. The van der Waals surface area contributed by atoms with Crippen molar-refractivity contribution in [3.63, 3.8) is 0 Å². The van der Waals surface area contributed by atoms with Crippen LogP contribution in [0.5, 0.6) is 11.5 Å². The number of urea groups is 1. The minimum atomic E-state index is -0.297. The molecule has 0 spiro atoms. The predicted octanol–water partition coefficient (Wildman–Crippen LogP) is 3.13. The van der Waals surface area contributed by atoms with E-state index in [1.165, 1.54) is 5.01 Å². The van der Waals surface area contributed by atoms with Crippen molar-refractivity contribution in [2.75, 3.05) is 60.2 Å². The molecule has 0 aromatic heterocycles. The number of morpholine rings is 1. The molecule has 2 aromatic rings. The number of hydrazone groups is 1. The van der Waals surface area contributed by atoms with E-state index >= 15 is 0 Å². The van der Waals surface area contributed by atoms with E-state index in [4.69, 9.17) is 19.3 Å². The molecule has 39 heavy (non-hydrogen) atoms. The van der Waals surface area contributed by atoms with Crippen LogP contribution in [0.2, 0.25) is 0 Å². The molecule has 210 valence electrons. The van der Waals surface area contributed by atoms with E-state index in [2.05, 4.69) is 10.2 Å². The predicted molar refractivity (Wildman–Crippen MR) is 149 cm³/mol. The van der Waals surface area contributed by atoms with Gasteiger partial charge in [0.2, 0.25) is 0 Å². The summed E-state index contributed by atoms with van der Waals surface area (Å²) in [5, 5.41) is 9.25. The van der Waals surface area contributed by atoms with Gasteiger partial charge >= 0.3 is 6.03 Å². The zero-order valence-electron chi connectivity index (χ0n) is 23.3. The van der Waals surface area contributed by atoms with Crippen molar-refractivity contribution >= 4 is 17.6 Å². The fourth-order valence-corrected chi connectivity index (χ4v) is 4.70. The summed E-state index contributed by atoms with van der Waals surface area (Å²) in [7, 11) is 3.25. The van der Waals surface area contributed by atoms with Gasteiger partial charge in [-0.05, 0) is 61.4 Å². The Morgan fingerprint density at radius 3 is 2.23 bits per heavy atom. The normalized spacial score (nSPS) is 17.6. The molecule has 2 aromatic carbocycles. The molecule has 0 saturated carbocycles. The van der Waals surface area contributed by atoms with E-state index in [1.54, 1.807) is 19.1 Å². The molecule has 2 aliphatic heterocycles. The maximum absolute atomic E-state index is 13.8. The Morgan fingerprint density at radius 1 is 1.03 bits per heavy atom. The zero-order valence-corrected chi connectivity index (χ0v) is 23.3. The van der Waals surface area contributed by atoms with Crippen molar-refractivity contribution in [1.29, 1.82) is 0 Å². The number of benzene rings is 2. The van der Waals surface area contributed by atoms with E-state index in [-0.39, 0.29) is 30.6 Å². The molecule has 10 heteroatoms. The molecule has 1 atom stereocenters. The van der Waals surface area contributed by atoms with E-state index in [0.717, 1.165) is 41.4 Å². The fraction of sp³-hybridized carbons (Fsp3) is 0.483. The van der Waals surface area contributed by atoms with Crippen LogP contribution in [0.15, 0.2) is 53.6 Å². The summed E-state index contributed by atoms with van der Waals surface area (Å²) in [5.74, 6) is 1.26. The van der Waals surface area contributed by atoms with Crippen LogP contribution in [0, 0.1) is 0 Å². The third-order valence-corrected chi connectivity index (χ3v) is 6.91. The lowest BCUT2D eigenvalue weighted by molar-refractivity contribution is -0.133. The van der Waals surface area contributed by atoms with Crippen LogP contribution >= 0.6 is 0 Å². The SMILES string of the molecule is COc1ccc(C2=NN(C(=O)CN(CCN3CCOCC3)C(=O)NC(C)C)C(c3ccc(OC)cc3)C2)cc1. The molecule has 0 radical (unpaired) electrons. The topological polar surface area (TPSA) is 95.9 Å². The second-order valence-electron chi connectivity index (χ2n) is 9.99. The highest BCUT2D eigenvalue weighted by Gasteiger charge is 2.34. The van der Waals surface area contributed by atoms with E-state index in [9.17, 15) is 9.59 Å². The van der Waals surface area contributed by atoms with Crippen LogP contribution < -0.4 is 14.8 Å². The number of nitrogens with zero attached hydrogens (tertiary/aromatic N) is 4. The monoisotopic (exact) mass is 537 g/mol. The van der Waals surface area contributed by atoms with Gasteiger partial charge in [-0.3, -0.25) is 9.69 Å². The summed E-state index contributed by atoms with van der Waals surface area (Å²) in [6.45, 7) is 7.83. The Kier molecular flexibility index (Phi) is 9.78. The first-order valence-electron chi connectivity index (χ1n) is 13.4. The molecular weight excluding hydrogens is 498 g/mol. The third kappa shape index (κ3) is 7.48. The van der Waals surface area contributed by atoms with E-state index < -0.39 is 0 Å². The number of ether oxygens (including phenoxy) is 3. The maximum atomic E-state index is 13.8. The second-order valence-corrected chi connectivity index (χ2v) is 9.99. The van der Waals surface area contributed by atoms with Crippen molar-refractivity contribution in [1.82, 2.24) is 20.1 Å². The summed E-state index contributed by atoms with van der Waals surface area (Å²) < 4.78 is 16.1. The highest BCUT2D eigenvalue weighted by molar-refractivity contribution is 6.03. The molecule has 4 rings (SSSR count). The van der Waals surface area contributed by atoms with Crippen LogP contribution in [0.25, 0.3) is 0 Å². The molecule has 1 unspecified atom stereocenters. The van der Waals surface area contributed by atoms with Crippen molar-refractivity contribution in [3.05, 3.63) is 59.7 Å². The quantitative estimate of drug-likeness (QED) is 0.500. The Bertz CT molecular complexity index is 1130. The number of carbonyl (C=O) groups is 2. The van der Waals surface area contributed by atoms with Crippen LogP contribution in [-0.4, -0.2) is 98.7 Å². The van der Waals surface area contributed by atoms with Gasteiger partial charge < -0.3 is 24.4 Å². The Morgan fingerprint density at radius 2 is 1.64 bits per heavy atom. The van der Waals surface area contributed by atoms with Gasteiger partial charge in [-0.25, -0.2) is 9.80 Å². The minimum Gasteiger partial charge on any atom is -0.497 e. The second kappa shape index (κ2) is 13.4. The lowest BCUT2D eigenvalue weighted by Crippen LogP contribution is -2.50. The van der Waals surface area contributed by atoms with Crippen molar-refractivity contribution in [2.45, 2.75) is 32.4 Å². The minimum absolute atomic E-state index is 0.0444. The third-order valence-electron chi connectivity index (χ3n) is 6.91. The summed E-state index contributed by atoms with van der Waals surface area (Å²) >= 11 is 0. The Labute approximate surface area is 230 Å². The molecule has 2 aliphatic rings. The molecule has 1 N–H and O–H groups in total. The van der Waals surface area contributed by atoms with E-state index in [0.29, 0.717) is 32.7 Å². The number of hydrogen-bond donors (Lipinski definition) is 1. The average molecular weight is 538 g/mol. The van der Waals surface area contributed by atoms with Gasteiger partial charge in [-0.1, -0.05) is 12.1 Å². The molecule has 1 fully saturated rings. The number of rotatable bonds is 10. The Hall–Kier alpha value is -3.63. The van der Waals surface area contributed by atoms with Gasteiger partial charge in [0.15, 0.2) is 0 Å². The van der Waals surface area contributed by atoms with Crippen LogP contribution in [0.1, 0.15) is 37.4 Å². The van der Waals surface area contributed by atoms with E-state index in [1.807, 2.05) is 62.4 Å². The molecule has 0 aliphatic carbocycles. The van der Waals surface area contributed by atoms with Crippen molar-refractivity contribution < 1.29 is 23.8 Å². The molecule has 2 heterocycles. The first kappa shape index (κ1) is 28.4. The number of nitrogens with one attached hydrogen (secondary N) is 1. The van der Waals surface area contributed by atoms with Crippen molar-refractivity contribution in [2.24, 2.45) is 5.10 Å². The van der Waals surface area contributed by atoms with Gasteiger partial charge in [0, 0.05) is 38.6 Å².